The summed E-state index contributed by atoms with van der Waals surface area (Å²) in [6, 6.07) is 0.384. The molecule has 0 bridgehead atoms. The van der Waals surface area contributed by atoms with Crippen molar-refractivity contribution in [3.8, 4) is 0 Å². The molecule has 1 aliphatic rings. The van der Waals surface area contributed by atoms with Gasteiger partial charge in [-0.2, -0.15) is 0 Å². The maximum absolute atomic E-state index is 5.50. The molecule has 2 atom stereocenters. The van der Waals surface area contributed by atoms with E-state index in [4.69, 9.17) is 4.74 Å². The average Bonchev–Trinajstić information content (AvgIpc) is 2.39. The van der Waals surface area contributed by atoms with E-state index in [0.29, 0.717) is 12.1 Å². The van der Waals surface area contributed by atoms with Gasteiger partial charge in [0.05, 0.1) is 6.10 Å². The van der Waals surface area contributed by atoms with Crippen molar-refractivity contribution >= 4 is 11.6 Å². The second kappa shape index (κ2) is 5.56. The number of methoxy groups -OCH3 is 1. The average molecular weight is 278 g/mol. The van der Waals surface area contributed by atoms with Gasteiger partial charge in [-0.3, -0.25) is 0 Å². The van der Waals surface area contributed by atoms with Crippen LogP contribution in [0, 0.1) is 19.3 Å². The van der Waals surface area contributed by atoms with Gasteiger partial charge in [0.25, 0.3) is 0 Å². The number of anilines is 2. The van der Waals surface area contributed by atoms with Gasteiger partial charge >= 0.3 is 0 Å². The highest BCUT2D eigenvalue weighted by Gasteiger charge is 2.48. The number of hydrogen-bond acceptors (Lipinski definition) is 5. The zero-order chi connectivity index (χ0) is 14.9. The number of ether oxygens (including phenoxy) is 1. The maximum Gasteiger partial charge on any atom is 0.135 e. The Hall–Kier alpha value is -1.36. The van der Waals surface area contributed by atoms with Crippen molar-refractivity contribution in [1.82, 2.24) is 9.97 Å². The molecule has 0 aromatic carbocycles. The molecule has 1 saturated carbocycles. The zero-order valence-electron chi connectivity index (χ0n) is 13.4. The smallest absolute Gasteiger partial charge is 0.135 e. The van der Waals surface area contributed by atoms with E-state index in [1.807, 2.05) is 6.92 Å². The summed E-state index contributed by atoms with van der Waals surface area (Å²) in [5.74, 6) is 2.64. The molecule has 20 heavy (non-hydrogen) atoms. The normalized spacial score (nSPS) is 24.1. The first-order valence-corrected chi connectivity index (χ1v) is 7.28. The largest absolute Gasteiger partial charge is 0.381 e. The van der Waals surface area contributed by atoms with Crippen LogP contribution in [-0.4, -0.2) is 35.8 Å². The third kappa shape index (κ3) is 2.59. The summed E-state index contributed by atoms with van der Waals surface area (Å²) < 4.78 is 5.50. The molecule has 2 unspecified atom stereocenters. The van der Waals surface area contributed by atoms with E-state index in [1.165, 1.54) is 0 Å². The van der Waals surface area contributed by atoms with Crippen LogP contribution in [0.25, 0.3) is 0 Å². The molecule has 5 heteroatoms. The van der Waals surface area contributed by atoms with Gasteiger partial charge in [-0.1, -0.05) is 13.8 Å². The molecular weight excluding hydrogens is 252 g/mol. The molecule has 0 radical (unpaired) electrons. The minimum absolute atomic E-state index is 0.123. The van der Waals surface area contributed by atoms with Crippen molar-refractivity contribution in [3.05, 3.63) is 11.4 Å². The topological polar surface area (TPSA) is 59.1 Å². The molecule has 0 aliphatic heterocycles. The molecule has 5 nitrogen and oxygen atoms in total. The number of aromatic nitrogens is 2. The van der Waals surface area contributed by atoms with Gasteiger partial charge in [-0.05, 0) is 27.2 Å². The lowest BCUT2D eigenvalue weighted by atomic mass is 9.64. The number of aryl methyl sites for hydroxylation is 1. The van der Waals surface area contributed by atoms with E-state index < -0.39 is 0 Å². The molecule has 1 aromatic rings. The van der Waals surface area contributed by atoms with Crippen LogP contribution >= 0.6 is 0 Å². The quantitative estimate of drug-likeness (QED) is 0.867. The van der Waals surface area contributed by atoms with Gasteiger partial charge in [0.1, 0.15) is 17.5 Å². The Morgan fingerprint density at radius 3 is 2.45 bits per heavy atom. The van der Waals surface area contributed by atoms with Crippen LogP contribution < -0.4 is 10.6 Å². The highest BCUT2D eigenvalue weighted by Crippen LogP contribution is 2.44. The molecule has 1 aromatic heterocycles. The first-order valence-electron chi connectivity index (χ1n) is 7.28. The van der Waals surface area contributed by atoms with E-state index in [1.54, 1.807) is 7.11 Å². The molecule has 0 saturated heterocycles. The molecule has 1 fully saturated rings. The van der Waals surface area contributed by atoms with Crippen molar-refractivity contribution in [1.29, 1.82) is 0 Å². The fraction of sp³-hybridized carbons (Fsp3) is 0.733. The first-order chi connectivity index (χ1) is 9.40. The first kappa shape index (κ1) is 15.0. The predicted molar refractivity (Wildman–Crippen MR) is 82.3 cm³/mol. The molecule has 1 heterocycles. The van der Waals surface area contributed by atoms with Gasteiger partial charge in [0, 0.05) is 30.7 Å². The van der Waals surface area contributed by atoms with Gasteiger partial charge in [0.2, 0.25) is 0 Å². The van der Waals surface area contributed by atoms with E-state index in [2.05, 4.69) is 48.3 Å². The van der Waals surface area contributed by atoms with Crippen LogP contribution in [0.1, 0.15) is 38.6 Å². The Labute approximate surface area is 121 Å². The summed E-state index contributed by atoms with van der Waals surface area (Å²) in [6.45, 7) is 11.4. The molecule has 1 aliphatic carbocycles. The van der Waals surface area contributed by atoms with E-state index in [0.717, 1.165) is 36.0 Å². The van der Waals surface area contributed by atoms with Crippen LogP contribution in [0.5, 0.6) is 0 Å². The third-order valence-electron chi connectivity index (χ3n) is 4.38. The fourth-order valence-corrected chi connectivity index (χ4v) is 2.80. The summed E-state index contributed by atoms with van der Waals surface area (Å²) in [5, 5.41) is 6.86. The van der Waals surface area contributed by atoms with Crippen LogP contribution in [0.4, 0.5) is 11.6 Å². The van der Waals surface area contributed by atoms with Crippen LogP contribution in [0.2, 0.25) is 0 Å². The Morgan fingerprint density at radius 2 is 1.90 bits per heavy atom. The predicted octanol–water partition coefficient (Wildman–Crippen LogP) is 2.75. The Morgan fingerprint density at radius 1 is 1.25 bits per heavy atom. The molecule has 112 valence electrons. The summed E-state index contributed by atoms with van der Waals surface area (Å²) in [5.41, 5.74) is 1.20. The van der Waals surface area contributed by atoms with Crippen molar-refractivity contribution in [2.24, 2.45) is 5.41 Å². The van der Waals surface area contributed by atoms with E-state index in [9.17, 15) is 0 Å². The lowest BCUT2D eigenvalue weighted by Gasteiger charge is -2.51. The second-order valence-electron chi connectivity index (χ2n) is 6.10. The zero-order valence-corrected chi connectivity index (χ0v) is 13.4. The molecule has 2 N–H and O–H groups in total. The van der Waals surface area contributed by atoms with Crippen LogP contribution in [0.15, 0.2) is 0 Å². The van der Waals surface area contributed by atoms with Crippen molar-refractivity contribution < 1.29 is 4.74 Å². The van der Waals surface area contributed by atoms with Crippen molar-refractivity contribution in [2.45, 2.75) is 53.2 Å². The van der Waals surface area contributed by atoms with Crippen LogP contribution in [0.3, 0.4) is 0 Å². The van der Waals surface area contributed by atoms with Crippen molar-refractivity contribution in [2.75, 3.05) is 24.3 Å². The van der Waals surface area contributed by atoms with E-state index >= 15 is 0 Å². The molecule has 2 rings (SSSR count). The number of hydrogen-bond donors (Lipinski definition) is 2. The van der Waals surface area contributed by atoms with Gasteiger partial charge in [-0.15, -0.1) is 0 Å². The number of nitrogens with one attached hydrogen (secondary N) is 2. The fourth-order valence-electron chi connectivity index (χ4n) is 2.80. The minimum Gasteiger partial charge on any atom is -0.381 e. The van der Waals surface area contributed by atoms with Crippen LogP contribution in [-0.2, 0) is 4.74 Å². The Bertz CT molecular complexity index is 487. The lowest BCUT2D eigenvalue weighted by Crippen LogP contribution is -2.57. The number of nitrogens with zero attached hydrogens (tertiary/aromatic N) is 2. The Kier molecular flexibility index (Phi) is 4.18. The highest BCUT2D eigenvalue weighted by molar-refractivity contribution is 5.58. The molecule has 0 amide bonds. The summed E-state index contributed by atoms with van der Waals surface area (Å²) in [4.78, 5) is 9.01. The minimum atomic E-state index is 0.123. The lowest BCUT2D eigenvalue weighted by molar-refractivity contribution is -0.0795. The second-order valence-corrected chi connectivity index (χ2v) is 6.10. The SMILES string of the molecule is CCNc1nc(C)nc(NC2CC(OC)C2(C)C)c1C. The summed E-state index contributed by atoms with van der Waals surface area (Å²) >= 11 is 0. The number of rotatable bonds is 5. The summed E-state index contributed by atoms with van der Waals surface area (Å²) in [7, 11) is 1.78. The van der Waals surface area contributed by atoms with Gasteiger partial charge < -0.3 is 15.4 Å². The summed E-state index contributed by atoms with van der Waals surface area (Å²) in [6.07, 6.45) is 1.33. The molecule has 0 spiro atoms. The highest BCUT2D eigenvalue weighted by atomic mass is 16.5. The monoisotopic (exact) mass is 278 g/mol. The molecular formula is C15H26N4O. The van der Waals surface area contributed by atoms with Gasteiger partial charge in [-0.25, -0.2) is 9.97 Å². The van der Waals surface area contributed by atoms with Crippen molar-refractivity contribution in [3.63, 3.8) is 0 Å². The maximum atomic E-state index is 5.50. The van der Waals surface area contributed by atoms with Gasteiger partial charge in [0.15, 0.2) is 0 Å². The van der Waals surface area contributed by atoms with E-state index in [-0.39, 0.29) is 5.41 Å². The standard InChI is InChI=1S/C15H26N4O/c1-7-16-13-9(2)14(18-10(3)17-13)19-11-8-12(20-6)15(11,4)5/h11-12H,7-8H2,1-6H3,(H2,16,17,18,19). The Balaban J connectivity index is 2.18. The third-order valence-corrected chi connectivity index (χ3v) is 4.38.